The van der Waals surface area contributed by atoms with Crippen molar-refractivity contribution in [2.24, 2.45) is 5.92 Å². The third kappa shape index (κ3) is 2.97. The average molecular weight is 242 g/mol. The van der Waals surface area contributed by atoms with Crippen molar-refractivity contribution in [2.75, 3.05) is 0 Å². The first-order chi connectivity index (χ1) is 6.55. The monoisotopic (exact) mass is 242 g/mol. The Morgan fingerprint density at radius 1 is 1.13 bits per heavy atom. The predicted molar refractivity (Wildman–Crippen MR) is 69.3 cm³/mol. The number of hydrogen-bond donors (Lipinski definition) is 0. The summed E-state index contributed by atoms with van der Waals surface area (Å²) < 4.78 is 0. The summed E-state index contributed by atoms with van der Waals surface area (Å²) in [6.45, 7) is 14.7. The van der Waals surface area contributed by atoms with Crippen molar-refractivity contribution in [3.05, 3.63) is 5.53 Å². The largest absolute Gasteiger partial charge is 0.362 e. The Kier molecular flexibility index (Phi) is 4.40. The van der Waals surface area contributed by atoms with Gasteiger partial charge < -0.3 is 5.53 Å². The number of ketones is 1. The van der Waals surface area contributed by atoms with E-state index in [4.69, 9.17) is 5.53 Å². The molecule has 0 saturated heterocycles. The summed E-state index contributed by atoms with van der Waals surface area (Å²) in [4.78, 5) is 15.2. The number of nitrogens with zero attached hydrogens (tertiary/aromatic N) is 2. The van der Waals surface area contributed by atoms with E-state index in [-0.39, 0.29) is 11.7 Å². The van der Waals surface area contributed by atoms with E-state index in [0.29, 0.717) is 5.33 Å². The van der Waals surface area contributed by atoms with Crippen LogP contribution in [0.1, 0.15) is 13.8 Å². The van der Waals surface area contributed by atoms with Crippen LogP contribution in [0, 0.1) is 5.92 Å². The first kappa shape index (κ1) is 14.5. The Balaban J connectivity index is 5.37. The van der Waals surface area contributed by atoms with E-state index in [1.165, 1.54) is 0 Å². The summed E-state index contributed by atoms with van der Waals surface area (Å²) in [5.41, 5.74) is 9.07. The highest BCUT2D eigenvalue weighted by molar-refractivity contribution is 7.53. The van der Waals surface area contributed by atoms with Crippen LogP contribution in [-0.4, -0.2) is 31.1 Å². The lowest BCUT2D eigenvalue weighted by Crippen LogP contribution is -2.61. The number of carbonyl (C=O) groups is 1. The van der Waals surface area contributed by atoms with Crippen LogP contribution >= 0.6 is 0 Å². The van der Waals surface area contributed by atoms with Crippen LogP contribution in [-0.2, 0) is 4.79 Å². The predicted octanol–water partition coefficient (Wildman–Crippen LogP) is 2.55. The highest BCUT2D eigenvalue weighted by atomic mass is 29.3. The van der Waals surface area contributed by atoms with Gasteiger partial charge >= 0.3 is 0 Å². The van der Waals surface area contributed by atoms with Gasteiger partial charge in [-0.2, -0.15) is 4.79 Å². The maximum absolute atomic E-state index is 11.9. The van der Waals surface area contributed by atoms with Gasteiger partial charge in [-0.15, -0.1) is 0 Å². The molecular formula is C10H22N2OSi2. The quantitative estimate of drug-likeness (QED) is 0.323. The van der Waals surface area contributed by atoms with Crippen LogP contribution in [0.25, 0.3) is 5.53 Å². The molecule has 0 N–H and O–H groups in total. The smallest absolute Gasteiger partial charge is 0.297 e. The molecule has 15 heavy (non-hydrogen) atoms. The Labute approximate surface area is 94.3 Å². The Morgan fingerprint density at radius 2 is 1.53 bits per heavy atom. The highest BCUT2D eigenvalue weighted by Crippen LogP contribution is 2.21. The summed E-state index contributed by atoms with van der Waals surface area (Å²) in [7, 11) is -3.32. The van der Waals surface area contributed by atoms with Gasteiger partial charge in [0.1, 0.15) is 0 Å². The molecule has 0 spiro atoms. The van der Waals surface area contributed by atoms with Gasteiger partial charge in [0.25, 0.3) is 5.33 Å². The van der Waals surface area contributed by atoms with E-state index in [2.05, 4.69) is 37.5 Å². The number of Topliss-reactive ketones (excluding diaryl/α,β-unsaturated/α-hetero) is 1. The van der Waals surface area contributed by atoms with E-state index in [1.54, 1.807) is 0 Å². The minimum absolute atomic E-state index is 0.0107. The van der Waals surface area contributed by atoms with Gasteiger partial charge in [0.15, 0.2) is 7.59 Å². The fourth-order valence-corrected chi connectivity index (χ4v) is 5.63. The lowest BCUT2D eigenvalue weighted by molar-refractivity contribution is -0.119. The molecule has 0 amide bonds. The Morgan fingerprint density at radius 3 is 1.73 bits per heavy atom. The maximum atomic E-state index is 11.9. The third-order valence-corrected chi connectivity index (χ3v) is 20.6. The van der Waals surface area contributed by atoms with Gasteiger partial charge in [-0.3, -0.25) is 4.79 Å². The SMILES string of the molecule is CC(C)C(=O)C(=[N+]=[N-])[Si](C)(C)[Si](C)(C)C. The van der Waals surface area contributed by atoms with Crippen LogP contribution in [0.4, 0.5) is 0 Å². The third-order valence-electron chi connectivity index (χ3n) is 3.32. The standard InChI is InChI=1S/C10H22N2OSi2/c1-8(2)9(13)10(12-11)15(6,7)14(3,4)5/h8H,1-7H3. The first-order valence-corrected chi connectivity index (χ1v) is 12.8. The van der Waals surface area contributed by atoms with Crippen molar-refractivity contribution in [3.63, 3.8) is 0 Å². The average Bonchev–Trinajstić information content (AvgIpc) is 2.02. The van der Waals surface area contributed by atoms with Crippen LogP contribution in [0.5, 0.6) is 0 Å². The van der Waals surface area contributed by atoms with E-state index in [1.807, 2.05) is 13.8 Å². The molecule has 0 atom stereocenters. The molecule has 0 radical (unpaired) electrons. The second kappa shape index (κ2) is 4.55. The minimum Gasteiger partial charge on any atom is -0.362 e. The molecule has 0 rings (SSSR count). The van der Waals surface area contributed by atoms with E-state index in [0.717, 1.165) is 0 Å². The van der Waals surface area contributed by atoms with Crippen LogP contribution in [0.15, 0.2) is 0 Å². The van der Waals surface area contributed by atoms with Crippen molar-refractivity contribution in [2.45, 2.75) is 46.6 Å². The molecule has 0 aromatic rings. The molecule has 0 unspecified atom stereocenters. The molecule has 0 saturated carbocycles. The maximum Gasteiger partial charge on any atom is 0.297 e. The summed E-state index contributed by atoms with van der Waals surface area (Å²) in [5, 5.41) is 0.469. The Bertz CT molecular complexity index is 310. The van der Waals surface area contributed by atoms with Gasteiger partial charge in [0.05, 0.1) is 7.59 Å². The molecule has 5 heteroatoms. The van der Waals surface area contributed by atoms with Crippen molar-refractivity contribution in [1.82, 2.24) is 0 Å². The molecule has 86 valence electrons. The second-order valence-electron chi connectivity index (χ2n) is 5.84. The summed E-state index contributed by atoms with van der Waals surface area (Å²) >= 11 is 0. The second-order valence-corrected chi connectivity index (χ2v) is 22.3. The van der Waals surface area contributed by atoms with Gasteiger partial charge in [-0.25, -0.2) is 0 Å². The van der Waals surface area contributed by atoms with Crippen molar-refractivity contribution in [1.29, 1.82) is 0 Å². The number of carbonyl (C=O) groups excluding carboxylic acids is 1. The molecule has 0 aliphatic carbocycles. The van der Waals surface area contributed by atoms with E-state index >= 15 is 0 Å². The van der Waals surface area contributed by atoms with Crippen LogP contribution < -0.4 is 0 Å². The summed E-state index contributed by atoms with van der Waals surface area (Å²) in [6, 6.07) is 0. The Hall–Kier alpha value is -0.516. The topological polar surface area (TPSA) is 53.5 Å². The van der Waals surface area contributed by atoms with E-state index in [9.17, 15) is 4.79 Å². The fraction of sp³-hybridized carbons (Fsp3) is 0.800. The molecule has 0 heterocycles. The molecule has 0 bridgehead atoms. The highest BCUT2D eigenvalue weighted by Gasteiger charge is 2.50. The zero-order chi connectivity index (χ0) is 12.4. The van der Waals surface area contributed by atoms with Gasteiger partial charge in [0, 0.05) is 5.92 Å². The lowest BCUT2D eigenvalue weighted by Gasteiger charge is -2.30. The molecule has 0 aliphatic heterocycles. The minimum atomic E-state index is -1.87. The molecular weight excluding hydrogens is 220 g/mol. The summed E-state index contributed by atoms with van der Waals surface area (Å²) in [5.74, 6) is -0.0735. The van der Waals surface area contributed by atoms with Gasteiger partial charge in [0.2, 0.25) is 5.78 Å². The zero-order valence-electron chi connectivity index (χ0n) is 10.9. The summed E-state index contributed by atoms with van der Waals surface area (Å²) in [6.07, 6.45) is 0. The van der Waals surface area contributed by atoms with Crippen molar-refractivity contribution < 1.29 is 9.58 Å². The fourth-order valence-electron chi connectivity index (χ4n) is 1.11. The zero-order valence-corrected chi connectivity index (χ0v) is 12.9. The van der Waals surface area contributed by atoms with Crippen molar-refractivity contribution in [3.8, 4) is 0 Å². The van der Waals surface area contributed by atoms with Gasteiger partial charge in [-0.05, 0) is 0 Å². The van der Waals surface area contributed by atoms with Crippen LogP contribution in [0.3, 0.4) is 0 Å². The van der Waals surface area contributed by atoms with Crippen molar-refractivity contribution >= 4 is 26.3 Å². The van der Waals surface area contributed by atoms with Gasteiger partial charge in [-0.1, -0.05) is 46.6 Å². The molecule has 0 aromatic carbocycles. The molecule has 0 aromatic heterocycles. The van der Waals surface area contributed by atoms with Crippen LogP contribution in [0.2, 0.25) is 32.7 Å². The first-order valence-electron chi connectivity index (χ1n) is 5.32. The molecule has 0 aliphatic rings. The number of rotatable bonds is 4. The normalized spacial score (nSPS) is 12.5. The molecule has 3 nitrogen and oxygen atoms in total. The number of hydrogen-bond acceptors (Lipinski definition) is 1. The lowest BCUT2D eigenvalue weighted by atomic mass is 10.1. The molecule has 0 fully saturated rings. The van der Waals surface area contributed by atoms with E-state index < -0.39 is 15.2 Å².